The Morgan fingerprint density at radius 1 is 1.55 bits per heavy atom. The number of halogens is 1. The van der Waals surface area contributed by atoms with Crippen LogP contribution in [0.1, 0.15) is 44.5 Å². The number of nitrogens with one attached hydrogen (secondary N) is 1. The fourth-order valence-electron chi connectivity index (χ4n) is 2.22. The van der Waals surface area contributed by atoms with E-state index in [0.29, 0.717) is 12.1 Å². The summed E-state index contributed by atoms with van der Waals surface area (Å²) >= 11 is 3.38. The number of rotatable bonds is 1. The number of nitrogens with zero attached hydrogens (tertiary/aromatic N) is 1. The zero-order valence-corrected chi connectivity index (χ0v) is 13.4. The second kappa shape index (κ2) is 5.69. The summed E-state index contributed by atoms with van der Waals surface area (Å²) in [6, 6.07) is 1.44. The smallest absolute Gasteiger partial charge is 0.408 e. The normalized spacial score (nSPS) is 22.1. The van der Waals surface area contributed by atoms with Gasteiger partial charge >= 0.3 is 6.09 Å². The average Bonchev–Trinajstić information content (AvgIpc) is 2.30. The average molecular weight is 343 g/mol. The van der Waals surface area contributed by atoms with Crippen LogP contribution in [0.15, 0.2) is 16.7 Å². The number of carbonyl (C=O) groups excluding carboxylic acids is 1. The van der Waals surface area contributed by atoms with E-state index in [4.69, 9.17) is 4.74 Å². The molecule has 110 valence electrons. The van der Waals surface area contributed by atoms with Crippen molar-refractivity contribution in [3.8, 4) is 0 Å². The molecule has 0 saturated carbocycles. The summed E-state index contributed by atoms with van der Waals surface area (Å²) < 4.78 is 6.12. The molecule has 0 bridgehead atoms. The van der Waals surface area contributed by atoms with Crippen LogP contribution in [0.25, 0.3) is 0 Å². The fraction of sp³-hybridized carbons (Fsp3) is 0.571. The Labute approximate surface area is 126 Å². The summed E-state index contributed by atoms with van der Waals surface area (Å²) in [6.07, 6.45) is 1.81. The molecule has 1 aromatic heterocycles. The predicted molar refractivity (Wildman–Crippen MR) is 78.4 cm³/mol. The molecule has 1 aliphatic carbocycles. The third kappa shape index (κ3) is 3.70. The Morgan fingerprint density at radius 3 is 2.90 bits per heavy atom. The summed E-state index contributed by atoms with van der Waals surface area (Å²) in [7, 11) is 0. The van der Waals surface area contributed by atoms with E-state index in [9.17, 15) is 9.90 Å². The van der Waals surface area contributed by atoms with Gasteiger partial charge in [0, 0.05) is 10.7 Å². The van der Waals surface area contributed by atoms with E-state index in [2.05, 4.69) is 26.2 Å². The molecule has 1 heterocycles. The van der Waals surface area contributed by atoms with E-state index >= 15 is 0 Å². The van der Waals surface area contributed by atoms with Gasteiger partial charge in [-0.05, 0) is 61.2 Å². The van der Waals surface area contributed by atoms with Crippen LogP contribution < -0.4 is 5.32 Å². The van der Waals surface area contributed by atoms with E-state index in [0.717, 1.165) is 16.5 Å². The number of hydrogen-bond acceptors (Lipinski definition) is 4. The van der Waals surface area contributed by atoms with Gasteiger partial charge in [0.1, 0.15) is 11.6 Å². The predicted octanol–water partition coefficient (Wildman–Crippen LogP) is 2.72. The minimum absolute atomic E-state index is 0.526. The van der Waals surface area contributed by atoms with Gasteiger partial charge in [0.25, 0.3) is 0 Å². The van der Waals surface area contributed by atoms with Crippen LogP contribution in [0.4, 0.5) is 4.79 Å². The topological polar surface area (TPSA) is 71.5 Å². The number of aliphatic hydroxyl groups is 1. The minimum atomic E-state index is -0.649. The van der Waals surface area contributed by atoms with Crippen molar-refractivity contribution in [1.82, 2.24) is 10.3 Å². The molecule has 2 atom stereocenters. The molecule has 0 aliphatic heterocycles. The summed E-state index contributed by atoms with van der Waals surface area (Å²) in [5.41, 5.74) is 1.17. The number of pyridine rings is 1. The van der Waals surface area contributed by atoms with E-state index in [1.807, 2.05) is 6.07 Å². The highest BCUT2D eigenvalue weighted by atomic mass is 79.9. The highest BCUT2D eigenvalue weighted by molar-refractivity contribution is 9.10. The summed E-state index contributed by atoms with van der Waals surface area (Å²) in [5.74, 6) is 0. The van der Waals surface area contributed by atoms with Gasteiger partial charge in [0.05, 0.1) is 11.8 Å². The van der Waals surface area contributed by atoms with Gasteiger partial charge in [-0.25, -0.2) is 4.79 Å². The number of ether oxygens (including phenoxy) is 1. The first-order valence-electron chi connectivity index (χ1n) is 6.58. The maximum atomic E-state index is 11.9. The SMILES string of the molecule is CC(C)(C)OC(=O)NC1c2ncc(Br)cc2CCC1O. The van der Waals surface area contributed by atoms with Gasteiger partial charge in [-0.2, -0.15) is 0 Å². The van der Waals surface area contributed by atoms with Gasteiger partial charge in [0.2, 0.25) is 0 Å². The monoisotopic (exact) mass is 342 g/mol. The maximum Gasteiger partial charge on any atom is 0.408 e. The molecule has 2 N–H and O–H groups in total. The second-order valence-electron chi connectivity index (χ2n) is 5.93. The molecule has 0 spiro atoms. The molecular formula is C14H19BrN2O3. The van der Waals surface area contributed by atoms with Crippen molar-refractivity contribution in [2.24, 2.45) is 0 Å². The lowest BCUT2D eigenvalue weighted by molar-refractivity contribution is 0.0394. The summed E-state index contributed by atoms with van der Waals surface area (Å²) in [6.45, 7) is 5.40. The molecule has 0 saturated heterocycles. The Bertz CT molecular complexity index is 514. The van der Waals surface area contributed by atoms with Crippen molar-refractivity contribution in [3.05, 3.63) is 28.0 Å². The van der Waals surface area contributed by atoms with Gasteiger partial charge in [-0.15, -0.1) is 0 Å². The van der Waals surface area contributed by atoms with Crippen LogP contribution in [0.2, 0.25) is 0 Å². The standard InChI is InChI=1S/C14H19BrN2O3/c1-14(2,3)20-13(19)17-12-10(18)5-4-8-6-9(15)7-16-11(8)12/h6-7,10,12,18H,4-5H2,1-3H3,(H,17,19). The van der Waals surface area contributed by atoms with Crippen LogP contribution in [0, 0.1) is 0 Å². The largest absolute Gasteiger partial charge is 0.444 e. The number of aliphatic hydroxyl groups excluding tert-OH is 1. The first-order valence-corrected chi connectivity index (χ1v) is 7.37. The van der Waals surface area contributed by atoms with Crippen LogP contribution in [0.3, 0.4) is 0 Å². The maximum absolute atomic E-state index is 11.9. The molecule has 5 nitrogen and oxygen atoms in total. The van der Waals surface area contributed by atoms with Crippen molar-refractivity contribution in [3.63, 3.8) is 0 Å². The van der Waals surface area contributed by atoms with Gasteiger partial charge in [-0.1, -0.05) is 0 Å². The van der Waals surface area contributed by atoms with Crippen molar-refractivity contribution in [2.45, 2.75) is 51.4 Å². The van der Waals surface area contributed by atoms with Crippen molar-refractivity contribution < 1.29 is 14.6 Å². The zero-order chi connectivity index (χ0) is 14.9. The number of carbonyl (C=O) groups is 1. The number of aryl methyl sites for hydroxylation is 1. The van der Waals surface area contributed by atoms with E-state index in [1.165, 1.54) is 0 Å². The number of amides is 1. The van der Waals surface area contributed by atoms with Gasteiger partial charge in [0.15, 0.2) is 0 Å². The quantitative estimate of drug-likeness (QED) is 0.823. The minimum Gasteiger partial charge on any atom is -0.444 e. The number of aromatic nitrogens is 1. The first-order chi connectivity index (χ1) is 9.26. The van der Waals surface area contributed by atoms with Crippen molar-refractivity contribution in [2.75, 3.05) is 0 Å². The Morgan fingerprint density at radius 2 is 2.25 bits per heavy atom. The van der Waals surface area contributed by atoms with E-state index in [-0.39, 0.29) is 0 Å². The molecule has 0 radical (unpaired) electrons. The van der Waals surface area contributed by atoms with Crippen LogP contribution >= 0.6 is 15.9 Å². The Balaban J connectivity index is 2.17. The molecule has 2 unspecified atom stereocenters. The lowest BCUT2D eigenvalue weighted by atomic mass is 9.89. The first kappa shape index (κ1) is 15.3. The molecule has 2 rings (SSSR count). The fourth-order valence-corrected chi connectivity index (χ4v) is 2.60. The molecule has 1 aromatic rings. The van der Waals surface area contributed by atoms with Gasteiger partial charge in [-0.3, -0.25) is 4.98 Å². The molecule has 1 amide bonds. The Kier molecular flexibility index (Phi) is 4.34. The highest BCUT2D eigenvalue weighted by Crippen LogP contribution is 2.30. The van der Waals surface area contributed by atoms with Gasteiger partial charge < -0.3 is 15.2 Å². The Hall–Kier alpha value is -1.14. The molecule has 0 aromatic carbocycles. The molecule has 0 fully saturated rings. The number of hydrogen-bond donors (Lipinski definition) is 2. The zero-order valence-electron chi connectivity index (χ0n) is 11.8. The van der Waals surface area contributed by atoms with Crippen LogP contribution in [-0.2, 0) is 11.2 Å². The third-order valence-electron chi connectivity index (χ3n) is 3.03. The van der Waals surface area contributed by atoms with E-state index < -0.39 is 23.8 Å². The van der Waals surface area contributed by atoms with E-state index in [1.54, 1.807) is 27.0 Å². The number of fused-ring (bicyclic) bond motifs is 1. The van der Waals surface area contributed by atoms with Crippen molar-refractivity contribution >= 4 is 22.0 Å². The molecule has 1 aliphatic rings. The number of alkyl carbamates (subject to hydrolysis) is 1. The molecular weight excluding hydrogens is 324 g/mol. The lowest BCUT2D eigenvalue weighted by Crippen LogP contribution is -2.42. The van der Waals surface area contributed by atoms with Crippen molar-refractivity contribution in [1.29, 1.82) is 0 Å². The molecule has 6 heteroatoms. The molecule has 20 heavy (non-hydrogen) atoms. The van der Waals surface area contributed by atoms with Crippen LogP contribution in [0.5, 0.6) is 0 Å². The highest BCUT2D eigenvalue weighted by Gasteiger charge is 2.32. The lowest BCUT2D eigenvalue weighted by Gasteiger charge is -2.31. The third-order valence-corrected chi connectivity index (χ3v) is 3.46. The summed E-state index contributed by atoms with van der Waals surface area (Å²) in [4.78, 5) is 16.2. The second-order valence-corrected chi connectivity index (χ2v) is 6.84. The van der Waals surface area contributed by atoms with Crippen LogP contribution in [-0.4, -0.2) is 27.9 Å². The summed E-state index contributed by atoms with van der Waals surface area (Å²) in [5, 5.41) is 12.8.